The van der Waals surface area contributed by atoms with Gasteiger partial charge < -0.3 is 0 Å². The second-order valence-corrected chi connectivity index (χ2v) is 12.2. The van der Waals surface area contributed by atoms with Gasteiger partial charge in [0.25, 0.3) is 0 Å². The molecule has 0 aromatic carbocycles. The summed E-state index contributed by atoms with van der Waals surface area (Å²) in [4.78, 5) is 15.0. The van der Waals surface area contributed by atoms with Gasteiger partial charge in [-0.05, 0) is 111 Å². The standard InChI is InChI=1S/C24H32ClN3/c1-2-22(8-14-3-4-15(5-14)9-22)19-26-20(28-21(25)27-19)23-10-16-6-17-7-18(12-23)24(17,11-16)13-23/h14-18H,2-13H2,1H3/t14-,15-,16+,17?,18+,23?,24+/m1/s1. The molecule has 150 valence electrons. The van der Waals surface area contributed by atoms with E-state index in [0.717, 1.165) is 47.7 Å². The van der Waals surface area contributed by atoms with Crippen molar-refractivity contribution in [2.24, 2.45) is 35.0 Å². The average molecular weight is 398 g/mol. The van der Waals surface area contributed by atoms with Crippen molar-refractivity contribution in [2.75, 3.05) is 0 Å². The van der Waals surface area contributed by atoms with Gasteiger partial charge in [0.1, 0.15) is 11.6 Å². The molecule has 28 heavy (non-hydrogen) atoms. The Bertz CT molecular complexity index is 838. The summed E-state index contributed by atoms with van der Waals surface area (Å²) in [7, 11) is 0. The molecule has 0 saturated heterocycles. The van der Waals surface area contributed by atoms with Gasteiger partial charge in [0, 0.05) is 10.8 Å². The predicted molar refractivity (Wildman–Crippen MR) is 109 cm³/mol. The quantitative estimate of drug-likeness (QED) is 0.641. The Labute approximate surface area is 173 Å². The summed E-state index contributed by atoms with van der Waals surface area (Å²) in [5.74, 6) is 6.77. The van der Waals surface area contributed by atoms with Crippen LogP contribution in [0.5, 0.6) is 0 Å². The Hall–Kier alpha value is -0.700. The smallest absolute Gasteiger partial charge is 0.217 e. The van der Waals surface area contributed by atoms with Crippen LogP contribution in [0.3, 0.4) is 0 Å². The summed E-state index contributed by atoms with van der Waals surface area (Å²) in [6, 6.07) is 0. The summed E-state index contributed by atoms with van der Waals surface area (Å²) in [5, 5.41) is 0.464. The van der Waals surface area contributed by atoms with Crippen LogP contribution >= 0.6 is 11.6 Å². The van der Waals surface area contributed by atoms with E-state index in [1.165, 1.54) is 70.6 Å². The number of nitrogens with zero attached hydrogens (tertiary/aromatic N) is 3. The largest absolute Gasteiger partial charge is 0.225 e. The van der Waals surface area contributed by atoms with Gasteiger partial charge in [-0.25, -0.2) is 15.0 Å². The predicted octanol–water partition coefficient (Wildman–Crippen LogP) is 5.85. The van der Waals surface area contributed by atoms with Crippen LogP contribution in [0.25, 0.3) is 0 Å². The SMILES string of the molecule is CCC1(c2nc(Cl)nc(C34C[C@@H]5CC6C[C@@H](C3)[C@@]6(C5)C4)n2)C[C@@H]2CC[C@H](C2)C1. The first-order valence-corrected chi connectivity index (χ1v) is 12.3. The molecule has 6 saturated carbocycles. The van der Waals surface area contributed by atoms with E-state index >= 15 is 0 Å². The lowest BCUT2D eigenvalue weighted by molar-refractivity contribution is -0.000344. The zero-order valence-electron chi connectivity index (χ0n) is 17.1. The van der Waals surface area contributed by atoms with Crippen LogP contribution in [-0.4, -0.2) is 15.0 Å². The highest BCUT2D eigenvalue weighted by Crippen LogP contribution is 2.78. The minimum absolute atomic E-state index is 0.147. The number of fused-ring (bicyclic) bond motifs is 4. The van der Waals surface area contributed by atoms with Crippen molar-refractivity contribution in [3.63, 3.8) is 0 Å². The molecule has 0 aliphatic heterocycles. The van der Waals surface area contributed by atoms with Crippen molar-refractivity contribution in [3.05, 3.63) is 16.9 Å². The highest BCUT2D eigenvalue weighted by molar-refractivity contribution is 6.28. The van der Waals surface area contributed by atoms with E-state index in [9.17, 15) is 0 Å². The lowest BCUT2D eigenvalue weighted by Crippen LogP contribution is -2.42. The van der Waals surface area contributed by atoms with Crippen LogP contribution in [0.2, 0.25) is 5.28 Å². The molecule has 1 heterocycles. The van der Waals surface area contributed by atoms with Crippen LogP contribution in [0.4, 0.5) is 0 Å². The number of halogens is 1. The molecule has 1 aromatic rings. The van der Waals surface area contributed by atoms with E-state index in [-0.39, 0.29) is 10.8 Å². The number of hydrogen-bond acceptors (Lipinski definition) is 3. The summed E-state index contributed by atoms with van der Waals surface area (Å²) >= 11 is 6.60. The van der Waals surface area contributed by atoms with Gasteiger partial charge in [0.15, 0.2) is 0 Å². The van der Waals surface area contributed by atoms with Gasteiger partial charge in [-0.2, -0.15) is 0 Å². The second kappa shape index (κ2) is 5.31. The van der Waals surface area contributed by atoms with Crippen LogP contribution in [0.1, 0.15) is 95.6 Å². The van der Waals surface area contributed by atoms with Gasteiger partial charge in [0.05, 0.1) is 0 Å². The molecule has 1 spiro atoms. The molecule has 0 N–H and O–H groups in total. The monoisotopic (exact) mass is 397 g/mol. The minimum Gasteiger partial charge on any atom is -0.217 e. The second-order valence-electron chi connectivity index (χ2n) is 11.9. The summed E-state index contributed by atoms with van der Waals surface area (Å²) in [6.45, 7) is 2.35. The van der Waals surface area contributed by atoms with Crippen LogP contribution in [-0.2, 0) is 10.8 Å². The zero-order chi connectivity index (χ0) is 18.7. The molecule has 3 nitrogen and oxygen atoms in total. The van der Waals surface area contributed by atoms with Gasteiger partial charge >= 0.3 is 0 Å². The highest BCUT2D eigenvalue weighted by Gasteiger charge is 2.71. The maximum atomic E-state index is 6.60. The van der Waals surface area contributed by atoms with Gasteiger partial charge in [0.2, 0.25) is 5.28 Å². The van der Waals surface area contributed by atoms with Crippen molar-refractivity contribution in [1.29, 1.82) is 0 Å². The average Bonchev–Trinajstić information content (AvgIpc) is 3.19. The van der Waals surface area contributed by atoms with Crippen molar-refractivity contribution < 1.29 is 0 Å². The molecule has 0 radical (unpaired) electrons. The fourth-order valence-corrected chi connectivity index (χ4v) is 9.97. The topological polar surface area (TPSA) is 38.7 Å². The molecule has 7 rings (SSSR count). The minimum atomic E-state index is 0.147. The van der Waals surface area contributed by atoms with E-state index in [4.69, 9.17) is 26.6 Å². The molecule has 6 aliphatic carbocycles. The molecule has 6 aliphatic rings. The first kappa shape index (κ1) is 17.0. The first-order chi connectivity index (χ1) is 13.5. The summed E-state index contributed by atoms with van der Waals surface area (Å²) in [5.41, 5.74) is 1.02. The fraction of sp³-hybridized carbons (Fsp3) is 0.875. The highest BCUT2D eigenvalue weighted by atomic mass is 35.5. The number of aromatic nitrogens is 3. The third-order valence-corrected chi connectivity index (χ3v) is 10.9. The number of rotatable bonds is 3. The molecule has 1 aromatic heterocycles. The van der Waals surface area contributed by atoms with Crippen LogP contribution < -0.4 is 0 Å². The maximum absolute atomic E-state index is 6.60. The van der Waals surface area contributed by atoms with Crippen molar-refractivity contribution in [2.45, 2.75) is 94.8 Å². The van der Waals surface area contributed by atoms with Crippen LogP contribution in [0.15, 0.2) is 0 Å². The third kappa shape index (κ3) is 2.01. The van der Waals surface area contributed by atoms with Crippen molar-refractivity contribution in [3.8, 4) is 0 Å². The van der Waals surface area contributed by atoms with Gasteiger partial charge in [-0.3, -0.25) is 0 Å². The Morgan fingerprint density at radius 3 is 2.39 bits per heavy atom. The Kier molecular flexibility index (Phi) is 3.23. The summed E-state index contributed by atoms with van der Waals surface area (Å²) in [6.07, 6.45) is 16.4. The lowest BCUT2D eigenvalue weighted by Gasteiger charge is -2.49. The van der Waals surface area contributed by atoms with Crippen molar-refractivity contribution >= 4 is 11.6 Å². The molecule has 5 bridgehead atoms. The van der Waals surface area contributed by atoms with E-state index < -0.39 is 0 Å². The normalized spacial score (nSPS) is 52.7. The van der Waals surface area contributed by atoms with E-state index in [1.54, 1.807) is 0 Å². The fourth-order valence-electron chi connectivity index (χ4n) is 9.81. The molecular weight excluding hydrogens is 366 g/mol. The molecular formula is C24H32ClN3. The maximum Gasteiger partial charge on any atom is 0.225 e. The first-order valence-electron chi connectivity index (χ1n) is 12.0. The number of hydrogen-bond donors (Lipinski definition) is 0. The zero-order valence-corrected chi connectivity index (χ0v) is 17.8. The van der Waals surface area contributed by atoms with E-state index in [2.05, 4.69) is 6.92 Å². The Morgan fingerprint density at radius 2 is 1.61 bits per heavy atom. The molecule has 0 amide bonds. The molecule has 2 unspecified atom stereocenters. The summed E-state index contributed by atoms with van der Waals surface area (Å²) < 4.78 is 0. The third-order valence-electron chi connectivity index (χ3n) is 10.7. The van der Waals surface area contributed by atoms with Crippen LogP contribution in [0, 0.1) is 35.0 Å². The van der Waals surface area contributed by atoms with Gasteiger partial charge in [-0.15, -0.1) is 0 Å². The van der Waals surface area contributed by atoms with E-state index in [1.807, 2.05) is 0 Å². The molecule has 7 atom stereocenters. The van der Waals surface area contributed by atoms with Gasteiger partial charge in [-0.1, -0.05) is 19.8 Å². The Balaban J connectivity index is 1.32. The van der Waals surface area contributed by atoms with E-state index in [0.29, 0.717) is 10.7 Å². The molecule has 6 fully saturated rings. The molecule has 4 heteroatoms. The van der Waals surface area contributed by atoms with Crippen molar-refractivity contribution in [1.82, 2.24) is 15.0 Å². The lowest BCUT2D eigenvalue weighted by atomic mass is 9.55. The Morgan fingerprint density at radius 1 is 0.821 bits per heavy atom.